The minimum atomic E-state index is -0.728. The van der Waals surface area contributed by atoms with Crippen LogP contribution < -0.4 is 0 Å². The first-order valence-electron chi connectivity index (χ1n) is 29.2. The summed E-state index contributed by atoms with van der Waals surface area (Å²) in [5, 5.41) is 12.7. The van der Waals surface area contributed by atoms with Gasteiger partial charge in [0.1, 0.15) is 11.6 Å². The number of hydrogen-bond donors (Lipinski definition) is 1. The molecular weight excluding hydrogens is 825 g/mol. The molecule has 1 N–H and O–H groups in total. The van der Waals surface area contributed by atoms with E-state index in [1.807, 2.05) is 48.5 Å². The fraction of sp³-hybridized carbons (Fsp3) is 0.246. The van der Waals surface area contributed by atoms with Gasteiger partial charge in [0, 0.05) is 16.7 Å². The van der Waals surface area contributed by atoms with E-state index in [0.29, 0.717) is 28.0 Å². The van der Waals surface area contributed by atoms with Crippen molar-refractivity contribution in [2.45, 2.75) is 105 Å². The van der Waals surface area contributed by atoms with Crippen LogP contribution in [0.25, 0.3) is 83.7 Å². The van der Waals surface area contributed by atoms with E-state index in [1.54, 1.807) is 0 Å². The number of hydrogen-bond acceptors (Lipinski definition) is 2. The van der Waals surface area contributed by atoms with Gasteiger partial charge in [0.2, 0.25) is 0 Å². The molecule has 68 heavy (non-hydrogen) atoms. The quantitative estimate of drug-likeness (QED) is 0.173. The highest BCUT2D eigenvalue weighted by atomic mass is 16.3. The minimum Gasteiger partial charge on any atom is -0.507 e. The maximum absolute atomic E-state index is 12.7. The Hall–Kier alpha value is -6.97. The number of imidazole rings is 1. The maximum Gasteiger partial charge on any atom is 0.149 e. The van der Waals surface area contributed by atoms with E-state index in [9.17, 15) is 10.6 Å². The van der Waals surface area contributed by atoms with Crippen molar-refractivity contribution in [2.24, 2.45) is 0 Å². The molecule has 1 aromatic heterocycles. The summed E-state index contributed by atoms with van der Waals surface area (Å²) in [5.74, 6) is 0.649. The molecule has 0 spiro atoms. The lowest BCUT2D eigenvalue weighted by atomic mass is 9.79. The second-order valence-electron chi connectivity index (χ2n) is 21.8. The van der Waals surface area contributed by atoms with Gasteiger partial charge in [-0.3, -0.25) is 4.57 Å². The Balaban J connectivity index is 1.35. The average molecular weight is 903 g/mol. The molecule has 0 fully saturated rings. The number of nitrogens with zero attached hydrogens (tertiary/aromatic N) is 2. The molecule has 0 bridgehead atoms. The molecule has 3 nitrogen and oxygen atoms in total. The third-order valence-electron chi connectivity index (χ3n) is 12.6. The largest absolute Gasteiger partial charge is 0.507 e. The normalized spacial score (nSPS) is 14.9. The molecule has 1 heterocycles. The van der Waals surface area contributed by atoms with Gasteiger partial charge in [-0.15, -0.1) is 0 Å². The fourth-order valence-corrected chi connectivity index (χ4v) is 8.58. The summed E-state index contributed by atoms with van der Waals surface area (Å²) in [6.45, 7) is 25.5. The maximum atomic E-state index is 12.7. The van der Waals surface area contributed by atoms with Crippen molar-refractivity contribution in [2.75, 3.05) is 0 Å². The fourth-order valence-electron chi connectivity index (χ4n) is 8.58. The number of fused-ring (bicyclic) bond motifs is 1. The highest BCUT2D eigenvalue weighted by molar-refractivity contribution is 5.98. The van der Waals surface area contributed by atoms with E-state index < -0.39 is 87.9 Å². The summed E-state index contributed by atoms with van der Waals surface area (Å²) in [6.07, 6.45) is 0. The third-order valence-corrected chi connectivity index (χ3v) is 12.6. The van der Waals surface area contributed by atoms with Crippen LogP contribution in [0.5, 0.6) is 5.75 Å². The summed E-state index contributed by atoms with van der Waals surface area (Å²) in [7, 11) is 0. The van der Waals surface area contributed by atoms with Crippen molar-refractivity contribution in [3.63, 3.8) is 0 Å². The Labute approximate surface area is 422 Å². The number of phenols is 1. The van der Waals surface area contributed by atoms with Crippen LogP contribution >= 0.6 is 0 Å². The van der Waals surface area contributed by atoms with E-state index in [-0.39, 0.29) is 39.8 Å². The van der Waals surface area contributed by atoms with Crippen molar-refractivity contribution in [1.82, 2.24) is 9.55 Å². The molecule has 9 aromatic rings. The Kier molecular flexibility index (Phi) is 8.51. The lowest BCUT2D eigenvalue weighted by molar-refractivity contribution is 0.446. The van der Waals surface area contributed by atoms with Crippen LogP contribution in [0.1, 0.15) is 122 Å². The van der Waals surface area contributed by atoms with Gasteiger partial charge in [0.05, 0.1) is 38.7 Å². The molecule has 0 amide bonds. The van der Waals surface area contributed by atoms with Crippen LogP contribution in [0.3, 0.4) is 0 Å². The molecule has 0 atom stereocenters. The van der Waals surface area contributed by atoms with Gasteiger partial charge in [-0.1, -0.05) is 222 Å². The highest BCUT2D eigenvalue weighted by Gasteiger charge is 2.30. The first-order valence-corrected chi connectivity index (χ1v) is 23.2. The Morgan fingerprint density at radius 3 is 1.66 bits per heavy atom. The topological polar surface area (TPSA) is 38.1 Å². The van der Waals surface area contributed by atoms with Gasteiger partial charge in [-0.05, 0) is 119 Å². The van der Waals surface area contributed by atoms with E-state index >= 15 is 0 Å². The lowest BCUT2D eigenvalue weighted by Crippen LogP contribution is -2.17. The van der Waals surface area contributed by atoms with Crippen LogP contribution in [-0.2, 0) is 21.7 Å². The average Bonchev–Trinajstić information content (AvgIpc) is 3.78. The molecule has 0 saturated heterocycles. The molecule has 0 saturated carbocycles. The summed E-state index contributed by atoms with van der Waals surface area (Å²) < 4.78 is 109. The predicted octanol–water partition coefficient (Wildman–Crippen LogP) is 17.9. The number of aromatic hydroxyl groups is 1. The lowest BCUT2D eigenvalue weighted by Gasteiger charge is -2.28. The second kappa shape index (κ2) is 17.3. The molecule has 9 rings (SSSR count). The van der Waals surface area contributed by atoms with Gasteiger partial charge >= 0.3 is 0 Å². The van der Waals surface area contributed by atoms with E-state index in [0.717, 1.165) is 50.1 Å². The van der Waals surface area contributed by atoms with E-state index in [2.05, 4.69) is 136 Å². The molecule has 8 aromatic carbocycles. The van der Waals surface area contributed by atoms with Crippen molar-refractivity contribution < 1.29 is 21.6 Å². The Morgan fingerprint density at radius 1 is 0.426 bits per heavy atom. The van der Waals surface area contributed by atoms with Crippen LogP contribution in [-0.4, -0.2) is 14.7 Å². The molecule has 0 aliphatic heterocycles. The first kappa shape index (κ1) is 33.5. The number of aromatic nitrogens is 2. The zero-order chi connectivity index (χ0) is 58.8. The second-order valence-corrected chi connectivity index (χ2v) is 21.8. The molecule has 0 unspecified atom stereocenters. The summed E-state index contributed by atoms with van der Waals surface area (Å²) in [5.41, 5.74) is 7.43. The Morgan fingerprint density at radius 2 is 1.01 bits per heavy atom. The van der Waals surface area contributed by atoms with Crippen LogP contribution in [0.4, 0.5) is 0 Å². The predicted molar refractivity (Wildman–Crippen MR) is 290 cm³/mol. The smallest absolute Gasteiger partial charge is 0.149 e. The zero-order valence-electron chi connectivity index (χ0n) is 53.2. The third kappa shape index (κ3) is 9.07. The molecule has 0 aliphatic rings. The van der Waals surface area contributed by atoms with E-state index in [4.69, 9.17) is 16.0 Å². The SMILES string of the molecule is [2H]c1cc(-c2cc(-c3cccc4c3nc(-c3cc(C(C)(C)C)cc(C(C)(C)C)c3O)n4-c3ccc(C(C)(C)C)cc3-c3ccccc3)cc(C(C)(C)C)c2)c([2H])c(-c2c([2H])c([2H])c(-c3c([2H])c([2H])c([2H])c([2H])c3[2H])c([2H])c2[2H])c1[2H]. The van der Waals surface area contributed by atoms with Crippen molar-refractivity contribution in [1.29, 1.82) is 0 Å². The Bertz CT molecular complexity index is 3960. The van der Waals surface area contributed by atoms with Crippen LogP contribution in [0, 0.1) is 0 Å². The van der Waals surface area contributed by atoms with Crippen molar-refractivity contribution >= 4 is 11.0 Å². The number of phenolic OH excluding ortho intramolecular Hbond substituents is 1. The van der Waals surface area contributed by atoms with E-state index in [1.165, 1.54) is 6.07 Å². The van der Waals surface area contributed by atoms with Gasteiger partial charge in [-0.25, -0.2) is 4.98 Å². The molecular formula is C65H66N2O. The number of para-hydroxylation sites is 1. The van der Waals surface area contributed by atoms with Crippen LogP contribution in [0.2, 0.25) is 0 Å². The molecule has 3 heteroatoms. The summed E-state index contributed by atoms with van der Waals surface area (Å²) >= 11 is 0. The van der Waals surface area contributed by atoms with Gasteiger partial charge in [0.25, 0.3) is 0 Å². The molecule has 342 valence electrons. The van der Waals surface area contributed by atoms with Crippen molar-refractivity contribution in [3.05, 3.63) is 198 Å². The highest BCUT2D eigenvalue weighted by Crippen LogP contribution is 2.46. The zero-order valence-corrected chi connectivity index (χ0v) is 41.2. The standard InChI is InChI=1S/C65H66N2O/c1-62(2,3)50-33-34-57(54(39-50)45-23-17-14-18-24-45)67-58-28-20-27-53(59(58)66-61(67)55-40-52(64(7,8)9)41-56(60(55)68)65(10,11)12)49-36-48(37-51(38-49)63(4,5)6)47-26-19-25-46(35-47)44-31-29-43(30-32-44)42-21-15-13-16-22-42/h13-41,68H,1-12H3/i13D,15D,16D,19D,21D,22D,25D,29D,30D,31D,32D,35D. The van der Waals surface area contributed by atoms with Gasteiger partial charge in [-0.2, -0.15) is 0 Å². The van der Waals surface area contributed by atoms with Crippen molar-refractivity contribution in [3.8, 4) is 78.5 Å². The summed E-state index contributed by atoms with van der Waals surface area (Å²) in [6, 6.07) is 26.6. The number of rotatable bonds is 7. The first-order chi connectivity index (χ1) is 37.1. The molecule has 0 aliphatic carbocycles. The minimum absolute atomic E-state index is 0.126. The summed E-state index contributed by atoms with van der Waals surface area (Å²) in [4.78, 5) is 5.61. The van der Waals surface area contributed by atoms with Gasteiger partial charge < -0.3 is 5.11 Å². The molecule has 0 radical (unpaired) electrons. The number of benzene rings is 8. The monoisotopic (exact) mass is 903 g/mol. The van der Waals surface area contributed by atoms with Crippen LogP contribution in [0.15, 0.2) is 176 Å². The van der Waals surface area contributed by atoms with Gasteiger partial charge in [0.15, 0.2) is 0 Å².